The molecule has 2 aromatic rings. The molecule has 0 aromatic heterocycles. The largest absolute Gasteiger partial charge is 0.352 e. The Bertz CT molecular complexity index is 834. The molecule has 1 amide bonds. The van der Waals surface area contributed by atoms with Crippen LogP contribution in [-0.4, -0.2) is 39.3 Å². The van der Waals surface area contributed by atoms with Crippen LogP contribution in [0.5, 0.6) is 0 Å². The quantitative estimate of drug-likeness (QED) is 0.751. The molecule has 0 heterocycles. The Balaban J connectivity index is 1.92. The van der Waals surface area contributed by atoms with Crippen molar-refractivity contribution in [2.75, 3.05) is 20.6 Å². The number of aryl methyl sites for hydroxylation is 1. The maximum absolute atomic E-state index is 12.2. The minimum absolute atomic E-state index is 0.103. The Hall–Kier alpha value is -1.89. The van der Waals surface area contributed by atoms with E-state index in [9.17, 15) is 13.2 Å². The summed E-state index contributed by atoms with van der Waals surface area (Å²) in [5.41, 5.74) is 1.48. The van der Waals surface area contributed by atoms with Crippen molar-refractivity contribution in [2.45, 2.75) is 17.7 Å². The van der Waals surface area contributed by atoms with E-state index in [1.165, 1.54) is 26.2 Å². The summed E-state index contributed by atoms with van der Waals surface area (Å²) in [6.07, 6.45) is 1.61. The number of carbonyl (C=O) groups excluding carboxylic acids is 1. The molecule has 0 aliphatic carbocycles. The summed E-state index contributed by atoms with van der Waals surface area (Å²) in [5, 5.41) is 3.51. The first-order valence-electron chi connectivity index (χ1n) is 7.86. The third kappa shape index (κ3) is 5.29. The topological polar surface area (TPSA) is 66.5 Å². The number of nitrogens with zero attached hydrogens (tertiary/aromatic N) is 1. The maximum atomic E-state index is 12.2. The van der Waals surface area contributed by atoms with Gasteiger partial charge in [-0.1, -0.05) is 29.8 Å². The van der Waals surface area contributed by atoms with E-state index in [-0.39, 0.29) is 10.8 Å². The van der Waals surface area contributed by atoms with Gasteiger partial charge in [0.1, 0.15) is 0 Å². The molecule has 2 rings (SSSR count). The molecular formula is C18H21ClN2O3S. The van der Waals surface area contributed by atoms with E-state index in [4.69, 9.17) is 11.6 Å². The zero-order chi connectivity index (χ0) is 18.4. The average molecular weight is 381 g/mol. The Morgan fingerprint density at radius 1 is 1.12 bits per heavy atom. The van der Waals surface area contributed by atoms with Gasteiger partial charge < -0.3 is 5.32 Å². The second-order valence-electron chi connectivity index (χ2n) is 5.80. The predicted octanol–water partition coefficient (Wildman–Crippen LogP) is 2.95. The van der Waals surface area contributed by atoms with Crippen molar-refractivity contribution in [3.05, 3.63) is 64.7 Å². The molecule has 2 aromatic carbocycles. The SMILES string of the molecule is CN(C)S(=O)(=O)c1cccc(C(=O)NCCCc2ccc(Cl)cc2)c1. The number of hydrogen-bond donors (Lipinski definition) is 1. The van der Waals surface area contributed by atoms with Crippen LogP contribution < -0.4 is 5.32 Å². The second kappa shape index (κ2) is 8.47. The maximum Gasteiger partial charge on any atom is 0.251 e. The third-order valence-electron chi connectivity index (χ3n) is 3.72. The average Bonchev–Trinajstić information content (AvgIpc) is 2.60. The van der Waals surface area contributed by atoms with Crippen molar-refractivity contribution in [3.63, 3.8) is 0 Å². The second-order valence-corrected chi connectivity index (χ2v) is 8.39. The lowest BCUT2D eigenvalue weighted by Crippen LogP contribution is -2.26. The highest BCUT2D eigenvalue weighted by atomic mass is 35.5. The first-order valence-corrected chi connectivity index (χ1v) is 9.68. The molecule has 0 saturated carbocycles. The number of halogens is 1. The van der Waals surface area contributed by atoms with Gasteiger partial charge in [0.25, 0.3) is 5.91 Å². The molecule has 0 unspecified atom stereocenters. The summed E-state index contributed by atoms with van der Waals surface area (Å²) in [4.78, 5) is 12.3. The molecule has 0 radical (unpaired) electrons. The molecule has 1 N–H and O–H groups in total. The van der Waals surface area contributed by atoms with E-state index >= 15 is 0 Å². The Labute approximate surface area is 153 Å². The monoisotopic (exact) mass is 380 g/mol. The number of amides is 1. The molecule has 0 saturated heterocycles. The molecule has 7 heteroatoms. The van der Waals surface area contributed by atoms with Crippen LogP contribution in [0.15, 0.2) is 53.4 Å². The van der Waals surface area contributed by atoms with E-state index in [1.54, 1.807) is 12.1 Å². The van der Waals surface area contributed by atoms with Crippen molar-refractivity contribution in [1.82, 2.24) is 9.62 Å². The number of hydrogen-bond acceptors (Lipinski definition) is 3. The van der Waals surface area contributed by atoms with Crippen LogP contribution in [0.4, 0.5) is 0 Å². The number of rotatable bonds is 7. The highest BCUT2D eigenvalue weighted by Crippen LogP contribution is 2.15. The summed E-state index contributed by atoms with van der Waals surface area (Å²) < 4.78 is 25.4. The van der Waals surface area contributed by atoms with Gasteiger partial charge in [-0.3, -0.25) is 4.79 Å². The van der Waals surface area contributed by atoms with Gasteiger partial charge in [0, 0.05) is 31.2 Å². The van der Waals surface area contributed by atoms with E-state index < -0.39 is 10.0 Å². The lowest BCUT2D eigenvalue weighted by molar-refractivity contribution is 0.0953. The molecule has 0 fully saturated rings. The van der Waals surface area contributed by atoms with E-state index in [1.807, 2.05) is 24.3 Å². The van der Waals surface area contributed by atoms with Crippen molar-refractivity contribution in [1.29, 1.82) is 0 Å². The Morgan fingerprint density at radius 2 is 1.80 bits per heavy atom. The molecule has 0 bridgehead atoms. The van der Waals surface area contributed by atoms with Crippen LogP contribution in [0, 0.1) is 0 Å². The smallest absolute Gasteiger partial charge is 0.251 e. The zero-order valence-electron chi connectivity index (χ0n) is 14.2. The summed E-state index contributed by atoms with van der Waals surface area (Å²) in [5.74, 6) is -0.285. The number of benzene rings is 2. The van der Waals surface area contributed by atoms with E-state index in [2.05, 4.69) is 5.32 Å². The Morgan fingerprint density at radius 3 is 2.44 bits per heavy atom. The number of carbonyl (C=O) groups is 1. The fourth-order valence-electron chi connectivity index (χ4n) is 2.26. The molecule has 134 valence electrons. The van der Waals surface area contributed by atoms with Gasteiger partial charge >= 0.3 is 0 Å². The summed E-state index contributed by atoms with van der Waals surface area (Å²) in [6, 6.07) is 13.6. The van der Waals surface area contributed by atoms with Gasteiger partial charge in [-0.05, 0) is 48.7 Å². The Kier molecular flexibility index (Phi) is 6.58. The van der Waals surface area contributed by atoms with Crippen LogP contribution in [0.3, 0.4) is 0 Å². The van der Waals surface area contributed by atoms with Gasteiger partial charge in [0.15, 0.2) is 0 Å². The molecule has 25 heavy (non-hydrogen) atoms. The molecule has 0 spiro atoms. The lowest BCUT2D eigenvalue weighted by atomic mass is 10.1. The molecule has 0 atom stereocenters. The highest BCUT2D eigenvalue weighted by Gasteiger charge is 2.18. The van der Waals surface area contributed by atoms with Crippen molar-refractivity contribution >= 4 is 27.5 Å². The number of nitrogens with one attached hydrogen (secondary N) is 1. The normalized spacial score (nSPS) is 11.5. The van der Waals surface area contributed by atoms with Gasteiger partial charge in [0.2, 0.25) is 10.0 Å². The van der Waals surface area contributed by atoms with E-state index in [0.29, 0.717) is 17.1 Å². The number of sulfonamides is 1. The van der Waals surface area contributed by atoms with Gasteiger partial charge in [-0.2, -0.15) is 0 Å². The fraction of sp³-hybridized carbons (Fsp3) is 0.278. The first kappa shape index (κ1) is 19.4. The molecular weight excluding hydrogens is 360 g/mol. The fourth-order valence-corrected chi connectivity index (χ4v) is 3.33. The van der Waals surface area contributed by atoms with Gasteiger partial charge in [-0.25, -0.2) is 12.7 Å². The van der Waals surface area contributed by atoms with Crippen molar-refractivity contribution in [2.24, 2.45) is 0 Å². The summed E-state index contributed by atoms with van der Waals surface area (Å²) in [6.45, 7) is 0.506. The van der Waals surface area contributed by atoms with Gasteiger partial charge in [-0.15, -0.1) is 0 Å². The van der Waals surface area contributed by atoms with E-state index in [0.717, 1.165) is 22.7 Å². The van der Waals surface area contributed by atoms with Gasteiger partial charge in [0.05, 0.1) is 4.90 Å². The first-order chi connectivity index (χ1) is 11.8. The lowest BCUT2D eigenvalue weighted by Gasteiger charge is -2.12. The highest BCUT2D eigenvalue weighted by molar-refractivity contribution is 7.89. The summed E-state index contributed by atoms with van der Waals surface area (Å²) in [7, 11) is -0.641. The zero-order valence-corrected chi connectivity index (χ0v) is 15.8. The summed E-state index contributed by atoms with van der Waals surface area (Å²) >= 11 is 5.84. The predicted molar refractivity (Wildman–Crippen MR) is 99.4 cm³/mol. The van der Waals surface area contributed by atoms with Crippen LogP contribution >= 0.6 is 11.6 Å². The molecule has 0 aliphatic heterocycles. The van der Waals surface area contributed by atoms with Crippen LogP contribution in [0.1, 0.15) is 22.3 Å². The van der Waals surface area contributed by atoms with Crippen molar-refractivity contribution in [3.8, 4) is 0 Å². The minimum Gasteiger partial charge on any atom is -0.352 e. The molecule has 0 aliphatic rings. The minimum atomic E-state index is -3.56. The van der Waals surface area contributed by atoms with Crippen LogP contribution in [0.25, 0.3) is 0 Å². The standard InChI is InChI=1S/C18H21ClN2O3S/c1-21(2)25(23,24)17-7-3-6-15(13-17)18(22)20-12-4-5-14-8-10-16(19)11-9-14/h3,6-11,13H,4-5,12H2,1-2H3,(H,20,22). The molecule has 5 nitrogen and oxygen atoms in total. The van der Waals surface area contributed by atoms with Crippen molar-refractivity contribution < 1.29 is 13.2 Å². The van der Waals surface area contributed by atoms with Crippen LogP contribution in [-0.2, 0) is 16.4 Å². The third-order valence-corrected chi connectivity index (χ3v) is 5.78. The van der Waals surface area contributed by atoms with Crippen LogP contribution in [0.2, 0.25) is 5.02 Å².